The minimum absolute atomic E-state index is 0.191. The third kappa shape index (κ3) is 4.58. The highest BCUT2D eigenvalue weighted by Gasteiger charge is 2.15. The van der Waals surface area contributed by atoms with Gasteiger partial charge < -0.3 is 25.0 Å². The Labute approximate surface area is 193 Å². The number of hydrogen-bond acceptors (Lipinski definition) is 5. The second-order valence-corrected chi connectivity index (χ2v) is 8.28. The molecule has 33 heavy (non-hydrogen) atoms. The molecule has 0 amide bonds. The highest BCUT2D eigenvalue weighted by molar-refractivity contribution is 5.78. The van der Waals surface area contributed by atoms with E-state index in [0.717, 1.165) is 39.3 Å². The maximum Gasteiger partial charge on any atom is 0.134 e. The number of aryl methyl sites for hydroxylation is 4. The van der Waals surface area contributed by atoms with E-state index < -0.39 is 0 Å². The van der Waals surface area contributed by atoms with Gasteiger partial charge in [-0.05, 0) is 92.4 Å². The van der Waals surface area contributed by atoms with Crippen molar-refractivity contribution in [3.63, 3.8) is 0 Å². The second kappa shape index (κ2) is 8.79. The lowest BCUT2D eigenvalue weighted by atomic mass is 10.1. The van der Waals surface area contributed by atoms with Crippen LogP contribution in [-0.2, 0) is 0 Å². The number of phenols is 3. The van der Waals surface area contributed by atoms with Gasteiger partial charge in [-0.2, -0.15) is 0 Å². The van der Waals surface area contributed by atoms with Gasteiger partial charge in [0.25, 0.3) is 0 Å². The summed E-state index contributed by atoms with van der Waals surface area (Å²) in [5, 5.41) is 30.6. The Morgan fingerprint density at radius 1 is 0.515 bits per heavy atom. The molecule has 0 saturated heterocycles. The number of anilines is 3. The van der Waals surface area contributed by atoms with Crippen molar-refractivity contribution >= 4 is 17.1 Å². The van der Waals surface area contributed by atoms with Crippen LogP contribution in [0.15, 0.2) is 72.8 Å². The van der Waals surface area contributed by atoms with E-state index in [1.165, 1.54) is 0 Å². The number of rotatable bonds is 5. The summed E-state index contributed by atoms with van der Waals surface area (Å²) in [6.07, 6.45) is 0. The van der Waals surface area contributed by atoms with Crippen LogP contribution in [0.5, 0.6) is 28.7 Å². The zero-order valence-corrected chi connectivity index (χ0v) is 19.1. The van der Waals surface area contributed by atoms with Crippen LogP contribution in [0.25, 0.3) is 0 Å². The standard InChI is InChI=1S/C28H27NO4/c1-17-5-7-22(14-25(17)30)29(23-8-6-18(2)26(31)15-23)21-9-11-24(12-10-21)33-28-16-27(32)19(3)13-20(28)4/h5-16,30-32H,1-4H3. The zero-order chi connectivity index (χ0) is 23.7. The first-order valence-electron chi connectivity index (χ1n) is 10.7. The Morgan fingerprint density at radius 3 is 1.52 bits per heavy atom. The minimum Gasteiger partial charge on any atom is -0.508 e. The predicted octanol–water partition coefficient (Wildman–Crippen LogP) is 7.30. The molecule has 0 radical (unpaired) electrons. The van der Waals surface area contributed by atoms with Gasteiger partial charge in [-0.15, -0.1) is 0 Å². The van der Waals surface area contributed by atoms with E-state index in [1.54, 1.807) is 18.2 Å². The van der Waals surface area contributed by atoms with E-state index in [1.807, 2.05) is 87.2 Å². The second-order valence-electron chi connectivity index (χ2n) is 8.28. The highest BCUT2D eigenvalue weighted by Crippen LogP contribution is 2.39. The van der Waals surface area contributed by atoms with Crippen molar-refractivity contribution in [2.24, 2.45) is 0 Å². The molecule has 0 fully saturated rings. The molecule has 0 bridgehead atoms. The number of nitrogens with zero attached hydrogens (tertiary/aromatic N) is 1. The number of benzene rings is 4. The smallest absolute Gasteiger partial charge is 0.134 e. The maximum absolute atomic E-state index is 10.3. The van der Waals surface area contributed by atoms with Gasteiger partial charge in [-0.1, -0.05) is 12.1 Å². The topological polar surface area (TPSA) is 73.2 Å². The molecule has 0 saturated carbocycles. The molecular formula is C28H27NO4. The van der Waals surface area contributed by atoms with Crippen LogP contribution in [0.3, 0.4) is 0 Å². The van der Waals surface area contributed by atoms with Crippen molar-refractivity contribution in [3.05, 3.63) is 95.1 Å². The van der Waals surface area contributed by atoms with Crippen molar-refractivity contribution in [1.82, 2.24) is 0 Å². The van der Waals surface area contributed by atoms with Crippen LogP contribution >= 0.6 is 0 Å². The van der Waals surface area contributed by atoms with Gasteiger partial charge in [0.05, 0.1) is 0 Å². The summed E-state index contributed by atoms with van der Waals surface area (Å²) in [5.74, 6) is 1.81. The molecule has 4 aromatic rings. The first-order chi connectivity index (χ1) is 15.7. The predicted molar refractivity (Wildman–Crippen MR) is 132 cm³/mol. The molecule has 4 rings (SSSR count). The molecule has 0 aliphatic rings. The van der Waals surface area contributed by atoms with E-state index in [2.05, 4.69) is 0 Å². The molecule has 0 aliphatic carbocycles. The Morgan fingerprint density at radius 2 is 1.00 bits per heavy atom. The molecule has 5 nitrogen and oxygen atoms in total. The van der Waals surface area contributed by atoms with Gasteiger partial charge in [0.15, 0.2) is 0 Å². The van der Waals surface area contributed by atoms with Crippen LogP contribution in [0, 0.1) is 27.7 Å². The number of ether oxygens (including phenoxy) is 1. The first kappa shape index (κ1) is 22.1. The molecule has 4 aromatic carbocycles. The quantitative estimate of drug-likeness (QED) is 0.303. The van der Waals surface area contributed by atoms with E-state index in [9.17, 15) is 15.3 Å². The van der Waals surface area contributed by atoms with Crippen LogP contribution in [0.4, 0.5) is 17.1 Å². The molecule has 0 aliphatic heterocycles. The summed E-state index contributed by atoms with van der Waals surface area (Å²) < 4.78 is 6.00. The minimum atomic E-state index is 0.191. The zero-order valence-electron chi connectivity index (χ0n) is 19.1. The maximum atomic E-state index is 10.3. The summed E-state index contributed by atoms with van der Waals surface area (Å²) in [5.41, 5.74) is 5.65. The van der Waals surface area contributed by atoms with Gasteiger partial charge in [-0.25, -0.2) is 0 Å². The molecule has 3 N–H and O–H groups in total. The van der Waals surface area contributed by atoms with Crippen molar-refractivity contribution in [2.75, 3.05) is 4.90 Å². The molecule has 0 heterocycles. The molecule has 5 heteroatoms. The van der Waals surface area contributed by atoms with Crippen LogP contribution in [-0.4, -0.2) is 15.3 Å². The van der Waals surface area contributed by atoms with Crippen LogP contribution in [0.1, 0.15) is 22.3 Å². The summed E-state index contributed by atoms with van der Waals surface area (Å²) in [4.78, 5) is 1.95. The number of hydrogen-bond donors (Lipinski definition) is 3. The fraction of sp³-hybridized carbons (Fsp3) is 0.143. The Bertz CT molecular complexity index is 1260. The molecule has 0 aromatic heterocycles. The third-order valence-corrected chi connectivity index (χ3v) is 5.72. The fourth-order valence-electron chi connectivity index (χ4n) is 3.64. The molecule has 0 unspecified atom stereocenters. The van der Waals surface area contributed by atoms with Gasteiger partial charge >= 0.3 is 0 Å². The third-order valence-electron chi connectivity index (χ3n) is 5.72. The van der Waals surface area contributed by atoms with Gasteiger partial charge in [0, 0.05) is 35.3 Å². The Hall–Kier alpha value is -4.12. The Kier molecular flexibility index (Phi) is 5.88. The van der Waals surface area contributed by atoms with Gasteiger partial charge in [0.2, 0.25) is 0 Å². The summed E-state index contributed by atoms with van der Waals surface area (Å²) in [6, 6.07) is 22.0. The average molecular weight is 442 g/mol. The lowest BCUT2D eigenvalue weighted by Gasteiger charge is -2.26. The van der Waals surface area contributed by atoms with Crippen LogP contribution in [0.2, 0.25) is 0 Å². The summed E-state index contributed by atoms with van der Waals surface area (Å²) >= 11 is 0. The Balaban J connectivity index is 1.72. The molecular weight excluding hydrogens is 414 g/mol. The molecule has 0 atom stereocenters. The lowest BCUT2D eigenvalue weighted by Crippen LogP contribution is -2.10. The van der Waals surface area contributed by atoms with Crippen molar-refractivity contribution in [3.8, 4) is 28.7 Å². The first-order valence-corrected chi connectivity index (χ1v) is 10.7. The number of aromatic hydroxyl groups is 3. The molecule has 168 valence electrons. The molecule has 0 spiro atoms. The van der Waals surface area contributed by atoms with E-state index in [0.29, 0.717) is 11.5 Å². The van der Waals surface area contributed by atoms with Crippen LogP contribution < -0.4 is 9.64 Å². The van der Waals surface area contributed by atoms with E-state index in [4.69, 9.17) is 4.74 Å². The number of phenolic OH excluding ortho intramolecular Hbond substituents is 3. The monoisotopic (exact) mass is 441 g/mol. The normalized spacial score (nSPS) is 10.8. The summed E-state index contributed by atoms with van der Waals surface area (Å²) in [7, 11) is 0. The van der Waals surface area contributed by atoms with E-state index in [-0.39, 0.29) is 17.2 Å². The van der Waals surface area contributed by atoms with E-state index >= 15 is 0 Å². The van der Waals surface area contributed by atoms with Gasteiger partial charge in [-0.3, -0.25) is 0 Å². The highest BCUT2D eigenvalue weighted by atomic mass is 16.5. The SMILES string of the molecule is Cc1ccc(N(c2ccc(Oc3cc(O)c(C)cc3C)cc2)c2ccc(C)c(O)c2)cc1O. The average Bonchev–Trinajstić information content (AvgIpc) is 2.78. The van der Waals surface area contributed by atoms with Crippen molar-refractivity contribution in [1.29, 1.82) is 0 Å². The van der Waals surface area contributed by atoms with Crippen molar-refractivity contribution < 1.29 is 20.1 Å². The van der Waals surface area contributed by atoms with Gasteiger partial charge in [0.1, 0.15) is 28.7 Å². The summed E-state index contributed by atoms with van der Waals surface area (Å²) in [6.45, 7) is 7.48. The van der Waals surface area contributed by atoms with Crippen molar-refractivity contribution in [2.45, 2.75) is 27.7 Å². The largest absolute Gasteiger partial charge is 0.508 e. The lowest BCUT2D eigenvalue weighted by molar-refractivity contribution is 0.450. The fourth-order valence-corrected chi connectivity index (χ4v) is 3.64.